The highest BCUT2D eigenvalue weighted by atomic mass is 31.2. The third kappa shape index (κ3) is 11.5. The minimum absolute atomic E-state index is 0.0984. The highest BCUT2D eigenvalue weighted by Crippen LogP contribution is 2.43. The van der Waals surface area contributed by atoms with Crippen LogP contribution < -0.4 is 15.9 Å². The van der Waals surface area contributed by atoms with Crippen LogP contribution in [0, 0.1) is 0 Å². The average molecular weight is 567 g/mol. The van der Waals surface area contributed by atoms with Gasteiger partial charge in [-0.15, -0.1) is 0 Å². The van der Waals surface area contributed by atoms with Crippen LogP contribution in [0.25, 0.3) is 0 Å². The molecule has 0 aromatic heterocycles. The smallest absolute Gasteiger partial charge is 0.331 e. The van der Waals surface area contributed by atoms with Gasteiger partial charge in [-0.2, -0.15) is 0 Å². The van der Waals surface area contributed by atoms with Crippen molar-refractivity contribution in [3.8, 4) is 0 Å². The fraction of sp³-hybridized carbons (Fsp3) is 0.250. The standard InChI is InChI=1S/C22H21O2P.C7H12O3.C3H6O2/c1-2-24-22(23)18-25(19-12-6-3-7-13-19,20-14-8-4-9-15-20)21-16-10-5-11-17-21;1-3-10-7(9)4-6(2)5-8;1-3(5)2-4/h3-18H,2H2,1H3;4,8H,3,5H2,1-2H3;4H,2H2,1H3/b;6-4+;. The Morgan fingerprint density at radius 3 is 1.30 bits per heavy atom. The van der Waals surface area contributed by atoms with Crippen LogP contribution in [0.1, 0.15) is 27.7 Å². The number of aliphatic hydroxyl groups is 2. The SMILES string of the molecule is CC(=O)CO.CCOC(=O)/C=C(\C)CO.CCOC(=O)C=P(c1ccccc1)(c1ccccc1)c1ccccc1. The zero-order chi connectivity index (χ0) is 29.8. The second-order valence-corrected chi connectivity index (χ2v) is 11.6. The Kier molecular flexibility index (Phi) is 16.5. The largest absolute Gasteiger partial charge is 0.463 e. The Morgan fingerprint density at radius 2 is 1.00 bits per heavy atom. The van der Waals surface area contributed by atoms with E-state index in [2.05, 4.69) is 41.1 Å². The second-order valence-electron chi connectivity index (χ2n) is 8.37. The Bertz CT molecular complexity index is 1150. The van der Waals surface area contributed by atoms with Crippen LogP contribution >= 0.6 is 6.89 Å². The van der Waals surface area contributed by atoms with Crippen molar-refractivity contribution in [3.05, 3.63) is 103 Å². The number of rotatable bonds is 9. The second kappa shape index (κ2) is 19.3. The van der Waals surface area contributed by atoms with Gasteiger partial charge in [0.15, 0.2) is 5.78 Å². The zero-order valence-electron chi connectivity index (χ0n) is 23.5. The summed E-state index contributed by atoms with van der Waals surface area (Å²) in [5.74, 6) is 0.947. The van der Waals surface area contributed by atoms with E-state index in [0.29, 0.717) is 18.8 Å². The zero-order valence-corrected chi connectivity index (χ0v) is 24.4. The van der Waals surface area contributed by atoms with Gasteiger partial charge in [0.1, 0.15) is 6.61 Å². The Labute approximate surface area is 237 Å². The van der Waals surface area contributed by atoms with Gasteiger partial charge in [0, 0.05) is 11.9 Å². The van der Waals surface area contributed by atoms with Crippen molar-refractivity contribution >= 4 is 46.3 Å². The van der Waals surface area contributed by atoms with Crippen molar-refractivity contribution in [3.63, 3.8) is 0 Å². The number of Topliss-reactive ketones (excluding diaryl/α,β-unsaturated/α-hetero) is 1. The summed E-state index contributed by atoms with van der Waals surface area (Å²) in [6, 6.07) is 30.7. The Morgan fingerprint density at radius 1 is 0.650 bits per heavy atom. The van der Waals surface area contributed by atoms with Crippen LogP contribution in [-0.2, 0) is 23.9 Å². The van der Waals surface area contributed by atoms with E-state index >= 15 is 0 Å². The summed E-state index contributed by atoms with van der Waals surface area (Å²) in [5.41, 5.74) is 0.610. The molecule has 0 aliphatic carbocycles. The first-order valence-electron chi connectivity index (χ1n) is 12.9. The van der Waals surface area contributed by atoms with E-state index in [0.717, 1.165) is 15.9 Å². The van der Waals surface area contributed by atoms with Gasteiger partial charge < -0.3 is 19.7 Å². The van der Waals surface area contributed by atoms with Gasteiger partial charge in [0.2, 0.25) is 0 Å². The number of esters is 2. The van der Waals surface area contributed by atoms with Gasteiger partial charge in [-0.1, -0.05) is 91.0 Å². The molecule has 0 amide bonds. The number of hydrogen-bond acceptors (Lipinski definition) is 7. The van der Waals surface area contributed by atoms with Crippen LogP contribution in [0.3, 0.4) is 0 Å². The molecule has 0 fully saturated rings. The van der Waals surface area contributed by atoms with Crippen molar-refractivity contribution in [1.82, 2.24) is 0 Å². The quantitative estimate of drug-likeness (QED) is 0.232. The van der Waals surface area contributed by atoms with Gasteiger partial charge in [-0.05, 0) is 56.1 Å². The molecule has 3 aromatic carbocycles. The summed E-state index contributed by atoms with van der Waals surface area (Å²) in [6.07, 6.45) is 1.28. The molecule has 0 radical (unpaired) electrons. The normalized spacial score (nSPS) is 10.6. The summed E-state index contributed by atoms with van der Waals surface area (Å²) >= 11 is 0. The molecule has 7 nitrogen and oxygen atoms in total. The van der Waals surface area contributed by atoms with Crippen LogP contribution in [0.4, 0.5) is 0 Å². The van der Waals surface area contributed by atoms with Crippen LogP contribution in [0.2, 0.25) is 0 Å². The van der Waals surface area contributed by atoms with Crippen LogP contribution in [-0.4, -0.2) is 60.2 Å². The van der Waals surface area contributed by atoms with E-state index < -0.39 is 12.9 Å². The van der Waals surface area contributed by atoms with Gasteiger partial charge in [-0.25, -0.2) is 9.59 Å². The third-order valence-electron chi connectivity index (χ3n) is 5.20. The minimum Gasteiger partial charge on any atom is -0.463 e. The molecule has 0 bridgehead atoms. The van der Waals surface area contributed by atoms with Gasteiger partial charge >= 0.3 is 11.9 Å². The molecular weight excluding hydrogens is 527 g/mol. The van der Waals surface area contributed by atoms with E-state index in [1.54, 1.807) is 19.6 Å². The molecule has 3 aromatic rings. The molecule has 8 heteroatoms. The highest BCUT2D eigenvalue weighted by Gasteiger charge is 2.26. The minimum atomic E-state index is -2.24. The number of aliphatic hydroxyl groups excluding tert-OH is 2. The average Bonchev–Trinajstić information content (AvgIpc) is 2.98. The van der Waals surface area contributed by atoms with E-state index in [9.17, 15) is 14.4 Å². The predicted molar refractivity (Wildman–Crippen MR) is 163 cm³/mol. The van der Waals surface area contributed by atoms with Crippen molar-refractivity contribution < 1.29 is 34.1 Å². The molecular formula is C32H39O7P. The molecule has 40 heavy (non-hydrogen) atoms. The fourth-order valence-corrected chi connectivity index (χ4v) is 7.09. The number of hydrogen-bond donors (Lipinski definition) is 2. The van der Waals surface area contributed by atoms with Gasteiger partial charge in [0.25, 0.3) is 0 Å². The molecule has 2 N–H and O–H groups in total. The van der Waals surface area contributed by atoms with E-state index in [1.165, 1.54) is 13.0 Å². The monoisotopic (exact) mass is 566 g/mol. The lowest BCUT2D eigenvalue weighted by atomic mass is 10.3. The fourth-order valence-electron chi connectivity index (χ4n) is 3.43. The predicted octanol–water partition coefficient (Wildman–Crippen LogP) is 3.40. The molecule has 214 valence electrons. The summed E-state index contributed by atoms with van der Waals surface area (Å²) in [7, 11) is 0. The number of ether oxygens (including phenoxy) is 2. The molecule has 0 saturated carbocycles. The van der Waals surface area contributed by atoms with E-state index in [-0.39, 0.29) is 25.0 Å². The van der Waals surface area contributed by atoms with Crippen LogP contribution in [0.15, 0.2) is 103 Å². The molecule has 0 heterocycles. The highest BCUT2D eigenvalue weighted by molar-refractivity contribution is 7.95. The summed E-state index contributed by atoms with van der Waals surface area (Å²) in [6.45, 7) is 4.63. The number of benzene rings is 3. The number of ketones is 1. The number of carbonyl (C=O) groups is 3. The molecule has 0 unspecified atom stereocenters. The lowest BCUT2D eigenvalue weighted by Gasteiger charge is -2.28. The summed E-state index contributed by atoms with van der Waals surface area (Å²) < 4.78 is 9.88. The third-order valence-corrected chi connectivity index (χ3v) is 9.14. The Hall–Kier alpha value is -3.77. The molecule has 0 aliphatic rings. The van der Waals surface area contributed by atoms with Gasteiger partial charge in [0.05, 0.1) is 19.8 Å². The molecule has 0 saturated heterocycles. The number of carbonyl (C=O) groups excluding carboxylic acids is 3. The van der Waals surface area contributed by atoms with Crippen molar-refractivity contribution in [1.29, 1.82) is 0 Å². The summed E-state index contributed by atoms with van der Waals surface area (Å²) in [5, 5.41) is 19.7. The van der Waals surface area contributed by atoms with Crippen molar-refractivity contribution in [2.24, 2.45) is 0 Å². The first-order valence-corrected chi connectivity index (χ1v) is 14.7. The lowest BCUT2D eigenvalue weighted by molar-refractivity contribution is -0.137. The van der Waals surface area contributed by atoms with Crippen LogP contribution in [0.5, 0.6) is 0 Å². The molecule has 3 rings (SSSR count). The summed E-state index contributed by atoms with van der Waals surface area (Å²) in [4.78, 5) is 32.7. The first kappa shape index (κ1) is 34.3. The lowest BCUT2D eigenvalue weighted by Crippen LogP contribution is -2.29. The first-order chi connectivity index (χ1) is 19.2. The van der Waals surface area contributed by atoms with E-state index in [1.807, 2.05) is 61.5 Å². The van der Waals surface area contributed by atoms with Gasteiger partial charge in [-0.3, -0.25) is 4.79 Å². The Balaban J connectivity index is 0.000000443. The van der Waals surface area contributed by atoms with E-state index in [4.69, 9.17) is 14.9 Å². The maximum atomic E-state index is 12.5. The topological polar surface area (TPSA) is 110 Å². The maximum Gasteiger partial charge on any atom is 0.331 e. The molecule has 0 spiro atoms. The molecule has 0 atom stereocenters. The van der Waals surface area contributed by atoms with Crippen molar-refractivity contribution in [2.75, 3.05) is 26.4 Å². The molecule has 0 aliphatic heterocycles. The maximum absolute atomic E-state index is 12.5. The van der Waals surface area contributed by atoms with Crippen molar-refractivity contribution in [2.45, 2.75) is 27.7 Å².